The van der Waals surface area contributed by atoms with Crippen molar-refractivity contribution in [3.63, 3.8) is 0 Å². The molecular weight excluding hydrogens is 258 g/mol. The second-order valence-corrected chi connectivity index (χ2v) is 4.30. The highest BCUT2D eigenvalue weighted by Gasteiger charge is 2.08. The van der Waals surface area contributed by atoms with Gasteiger partial charge < -0.3 is 9.84 Å². The lowest BCUT2D eigenvalue weighted by Gasteiger charge is -2.03. The maximum absolute atomic E-state index is 11.2. The molecule has 2 aromatic rings. The van der Waals surface area contributed by atoms with Gasteiger partial charge in [-0.1, -0.05) is 23.9 Å². The average molecular weight is 273 g/mol. The zero-order chi connectivity index (χ0) is 14.5. The number of phenols is 1. The number of rotatable bonds is 5. The highest BCUT2D eigenvalue weighted by atomic mass is 16.5. The molecule has 1 aromatic carbocycles. The minimum absolute atomic E-state index is 0.147. The number of carbonyl (C=O) groups excluding carboxylic acids is 1. The van der Waals surface area contributed by atoms with Crippen LogP contribution in [0.3, 0.4) is 0 Å². The maximum atomic E-state index is 11.2. The SMILES string of the molecule is C=C(C)C(=O)OCCn1cc(-c2ccccc2O)nn1. The molecule has 2 rings (SSSR count). The molecule has 20 heavy (non-hydrogen) atoms. The number of para-hydroxylation sites is 1. The van der Waals surface area contributed by atoms with Crippen LogP contribution in [0, 0.1) is 0 Å². The molecule has 0 saturated carbocycles. The molecule has 0 fully saturated rings. The fourth-order valence-corrected chi connectivity index (χ4v) is 1.58. The number of ether oxygens (including phenoxy) is 1. The molecular formula is C14H15N3O3. The Labute approximate surface area is 116 Å². The van der Waals surface area contributed by atoms with Gasteiger partial charge in [-0.15, -0.1) is 5.10 Å². The van der Waals surface area contributed by atoms with Gasteiger partial charge in [0.15, 0.2) is 0 Å². The van der Waals surface area contributed by atoms with Gasteiger partial charge in [0, 0.05) is 11.1 Å². The van der Waals surface area contributed by atoms with E-state index in [2.05, 4.69) is 16.9 Å². The summed E-state index contributed by atoms with van der Waals surface area (Å²) in [5, 5.41) is 17.6. The van der Waals surface area contributed by atoms with Crippen molar-refractivity contribution in [2.24, 2.45) is 0 Å². The molecule has 1 N–H and O–H groups in total. The van der Waals surface area contributed by atoms with Crippen molar-refractivity contribution in [1.82, 2.24) is 15.0 Å². The van der Waals surface area contributed by atoms with E-state index in [1.165, 1.54) is 0 Å². The third-order valence-electron chi connectivity index (χ3n) is 2.62. The first kappa shape index (κ1) is 13.8. The van der Waals surface area contributed by atoms with Crippen LogP contribution in [0.5, 0.6) is 5.75 Å². The van der Waals surface area contributed by atoms with E-state index in [4.69, 9.17) is 4.74 Å². The fourth-order valence-electron chi connectivity index (χ4n) is 1.58. The summed E-state index contributed by atoms with van der Waals surface area (Å²) in [5.74, 6) is -0.278. The maximum Gasteiger partial charge on any atom is 0.333 e. The van der Waals surface area contributed by atoms with Gasteiger partial charge in [0.1, 0.15) is 18.1 Å². The van der Waals surface area contributed by atoms with Crippen molar-refractivity contribution >= 4 is 5.97 Å². The van der Waals surface area contributed by atoms with Crippen LogP contribution in [-0.4, -0.2) is 32.7 Å². The van der Waals surface area contributed by atoms with Gasteiger partial charge in [0.25, 0.3) is 0 Å². The number of nitrogens with zero attached hydrogens (tertiary/aromatic N) is 3. The van der Waals surface area contributed by atoms with Gasteiger partial charge in [-0.2, -0.15) is 0 Å². The molecule has 0 amide bonds. The second kappa shape index (κ2) is 6.01. The zero-order valence-electron chi connectivity index (χ0n) is 11.1. The number of carbonyl (C=O) groups is 1. The van der Waals surface area contributed by atoms with E-state index in [9.17, 15) is 9.90 Å². The average Bonchev–Trinajstić information content (AvgIpc) is 2.87. The second-order valence-electron chi connectivity index (χ2n) is 4.30. The van der Waals surface area contributed by atoms with Crippen molar-refractivity contribution in [3.05, 3.63) is 42.6 Å². The van der Waals surface area contributed by atoms with E-state index in [-0.39, 0.29) is 12.4 Å². The number of hydrogen-bond acceptors (Lipinski definition) is 5. The smallest absolute Gasteiger partial charge is 0.333 e. The molecule has 0 aliphatic carbocycles. The number of esters is 1. The Balaban J connectivity index is 1.98. The first-order valence-corrected chi connectivity index (χ1v) is 6.09. The molecule has 1 aromatic heterocycles. The number of aromatic hydroxyl groups is 1. The number of benzene rings is 1. The van der Waals surface area contributed by atoms with Crippen molar-refractivity contribution in [3.8, 4) is 17.0 Å². The van der Waals surface area contributed by atoms with Gasteiger partial charge in [0.05, 0.1) is 12.7 Å². The molecule has 0 aliphatic heterocycles. The summed E-state index contributed by atoms with van der Waals surface area (Å²) in [6.45, 7) is 5.67. The molecule has 0 aliphatic rings. The number of hydrogen-bond donors (Lipinski definition) is 1. The summed E-state index contributed by atoms with van der Waals surface area (Å²) < 4.78 is 6.52. The topological polar surface area (TPSA) is 77.2 Å². The Hall–Kier alpha value is -2.63. The van der Waals surface area contributed by atoms with Gasteiger partial charge in [-0.05, 0) is 19.1 Å². The molecule has 0 bridgehead atoms. The quantitative estimate of drug-likeness (QED) is 0.663. The third-order valence-corrected chi connectivity index (χ3v) is 2.62. The molecule has 0 radical (unpaired) electrons. The van der Waals surface area contributed by atoms with Gasteiger partial charge in [-0.25, -0.2) is 9.48 Å². The van der Waals surface area contributed by atoms with Crippen LogP contribution < -0.4 is 0 Å². The van der Waals surface area contributed by atoms with E-state index in [0.29, 0.717) is 23.4 Å². The van der Waals surface area contributed by atoms with E-state index >= 15 is 0 Å². The van der Waals surface area contributed by atoms with Gasteiger partial charge >= 0.3 is 5.97 Å². The summed E-state index contributed by atoms with van der Waals surface area (Å²) in [4.78, 5) is 11.2. The normalized spacial score (nSPS) is 10.2. The lowest BCUT2D eigenvalue weighted by Crippen LogP contribution is -2.11. The minimum Gasteiger partial charge on any atom is -0.507 e. The standard InChI is InChI=1S/C14H15N3O3/c1-10(2)14(19)20-8-7-17-9-12(15-16-17)11-5-3-4-6-13(11)18/h3-6,9,18H,1,7-8H2,2H3. The Morgan fingerprint density at radius 1 is 1.45 bits per heavy atom. The fraction of sp³-hybridized carbons (Fsp3) is 0.214. The molecule has 104 valence electrons. The van der Waals surface area contributed by atoms with Crippen molar-refractivity contribution in [2.75, 3.05) is 6.61 Å². The molecule has 0 atom stereocenters. The van der Waals surface area contributed by atoms with Crippen molar-refractivity contribution in [1.29, 1.82) is 0 Å². The first-order chi connectivity index (χ1) is 9.58. The lowest BCUT2D eigenvalue weighted by molar-refractivity contribution is -0.139. The predicted molar refractivity (Wildman–Crippen MR) is 72.9 cm³/mol. The third kappa shape index (κ3) is 3.23. The molecule has 1 heterocycles. The Bertz CT molecular complexity index is 634. The first-order valence-electron chi connectivity index (χ1n) is 6.09. The Kier molecular flexibility index (Phi) is 4.14. The molecule has 6 heteroatoms. The zero-order valence-corrected chi connectivity index (χ0v) is 11.1. The van der Waals surface area contributed by atoms with Crippen molar-refractivity contribution < 1.29 is 14.6 Å². The van der Waals surface area contributed by atoms with Crippen LogP contribution in [0.2, 0.25) is 0 Å². The van der Waals surface area contributed by atoms with Crippen LogP contribution in [0.1, 0.15) is 6.92 Å². The molecule has 0 unspecified atom stereocenters. The van der Waals surface area contributed by atoms with Crippen LogP contribution in [0.4, 0.5) is 0 Å². The highest BCUT2D eigenvalue weighted by Crippen LogP contribution is 2.26. The summed E-state index contributed by atoms with van der Waals surface area (Å²) >= 11 is 0. The number of phenolic OH excluding ortho intramolecular Hbond substituents is 1. The monoisotopic (exact) mass is 273 g/mol. The lowest BCUT2D eigenvalue weighted by atomic mass is 10.1. The Morgan fingerprint density at radius 2 is 2.20 bits per heavy atom. The minimum atomic E-state index is -0.425. The highest BCUT2D eigenvalue weighted by molar-refractivity contribution is 5.86. The largest absolute Gasteiger partial charge is 0.507 e. The van der Waals surface area contributed by atoms with E-state index in [1.807, 2.05) is 6.07 Å². The molecule has 6 nitrogen and oxygen atoms in total. The van der Waals surface area contributed by atoms with Gasteiger partial charge in [0.2, 0.25) is 0 Å². The molecule has 0 spiro atoms. The predicted octanol–water partition coefficient (Wildman–Crippen LogP) is 1.77. The Morgan fingerprint density at radius 3 is 2.90 bits per heavy atom. The van der Waals surface area contributed by atoms with Crippen molar-refractivity contribution in [2.45, 2.75) is 13.5 Å². The van der Waals surface area contributed by atoms with E-state index in [0.717, 1.165) is 0 Å². The summed E-state index contributed by atoms with van der Waals surface area (Å²) in [6, 6.07) is 6.89. The summed E-state index contributed by atoms with van der Waals surface area (Å²) in [7, 11) is 0. The van der Waals surface area contributed by atoms with E-state index in [1.54, 1.807) is 36.0 Å². The van der Waals surface area contributed by atoms with Gasteiger partial charge in [-0.3, -0.25) is 0 Å². The van der Waals surface area contributed by atoms with Crippen LogP contribution in [0.25, 0.3) is 11.3 Å². The van der Waals surface area contributed by atoms with Crippen LogP contribution in [-0.2, 0) is 16.1 Å². The van der Waals surface area contributed by atoms with E-state index < -0.39 is 5.97 Å². The number of aromatic nitrogens is 3. The summed E-state index contributed by atoms with van der Waals surface area (Å²) in [6.07, 6.45) is 1.68. The molecule has 0 saturated heterocycles. The van der Waals surface area contributed by atoms with Crippen LogP contribution >= 0.6 is 0 Å². The summed E-state index contributed by atoms with van der Waals surface area (Å²) in [5.41, 5.74) is 1.53. The van der Waals surface area contributed by atoms with Crippen LogP contribution in [0.15, 0.2) is 42.6 Å².